The van der Waals surface area contributed by atoms with Gasteiger partial charge in [0.05, 0.1) is 8.99 Å². The molecule has 90 valence electrons. The molecule has 1 unspecified atom stereocenters. The van der Waals surface area contributed by atoms with Crippen molar-refractivity contribution < 1.29 is 13.9 Å². The van der Waals surface area contributed by atoms with Gasteiger partial charge in [-0.1, -0.05) is 0 Å². The predicted octanol–water partition coefficient (Wildman–Crippen LogP) is 3.91. The highest BCUT2D eigenvalue weighted by Crippen LogP contribution is 2.25. The first-order valence-corrected chi connectivity index (χ1v) is 6.88. The number of hydrogen-bond donors (Lipinski definition) is 1. The number of aliphatic hydroxyl groups excluding tert-OH is 1. The van der Waals surface area contributed by atoms with E-state index >= 15 is 0 Å². The first-order valence-electron chi connectivity index (χ1n) is 4.92. The molecule has 1 heterocycles. The minimum Gasteiger partial charge on any atom is -0.388 e. The molecule has 1 aromatic carbocycles. The Labute approximate surface area is 115 Å². The van der Waals surface area contributed by atoms with Gasteiger partial charge in [-0.2, -0.15) is 0 Å². The molecule has 2 aromatic rings. The lowest BCUT2D eigenvalue weighted by atomic mass is 10.0. The fraction of sp³-hybridized carbons (Fsp3) is 0.167. The van der Waals surface area contributed by atoms with Crippen molar-refractivity contribution in [2.75, 3.05) is 0 Å². The Morgan fingerprint density at radius 1 is 1.29 bits per heavy atom. The molecule has 0 aliphatic heterocycles. The topological polar surface area (TPSA) is 20.2 Å². The molecule has 0 fully saturated rings. The van der Waals surface area contributed by atoms with Gasteiger partial charge in [-0.05, 0) is 63.4 Å². The van der Waals surface area contributed by atoms with Crippen LogP contribution < -0.4 is 0 Å². The van der Waals surface area contributed by atoms with E-state index in [1.165, 1.54) is 11.3 Å². The maximum absolute atomic E-state index is 13.4. The molecular weight excluding hydrogens is 357 g/mol. The summed E-state index contributed by atoms with van der Waals surface area (Å²) in [6.07, 6.45) is -0.720. The maximum atomic E-state index is 13.4. The number of benzene rings is 1. The molecule has 0 saturated heterocycles. The predicted molar refractivity (Wildman–Crippen MR) is 72.1 cm³/mol. The summed E-state index contributed by atoms with van der Waals surface area (Å²) >= 11 is 3.66. The second kappa shape index (κ2) is 5.41. The van der Waals surface area contributed by atoms with Gasteiger partial charge >= 0.3 is 0 Å². The van der Waals surface area contributed by atoms with Gasteiger partial charge in [0.1, 0.15) is 11.6 Å². The molecule has 0 aliphatic carbocycles. The Morgan fingerprint density at radius 3 is 2.71 bits per heavy atom. The van der Waals surface area contributed by atoms with Crippen molar-refractivity contribution >= 4 is 33.9 Å². The molecule has 0 radical (unpaired) electrons. The molecule has 17 heavy (non-hydrogen) atoms. The van der Waals surface area contributed by atoms with Crippen molar-refractivity contribution in [1.82, 2.24) is 0 Å². The van der Waals surface area contributed by atoms with Crippen LogP contribution in [0.3, 0.4) is 0 Å². The van der Waals surface area contributed by atoms with Gasteiger partial charge in [0.2, 0.25) is 0 Å². The van der Waals surface area contributed by atoms with Crippen LogP contribution in [0.5, 0.6) is 0 Å². The number of hydrogen-bond acceptors (Lipinski definition) is 2. The lowest BCUT2D eigenvalue weighted by Gasteiger charge is -2.09. The molecule has 5 heteroatoms. The number of aliphatic hydroxyl groups is 1. The fourth-order valence-corrected chi connectivity index (χ4v) is 2.94. The molecule has 0 aliphatic rings. The summed E-state index contributed by atoms with van der Waals surface area (Å²) in [5, 5.41) is 11.7. The molecule has 0 bridgehead atoms. The second-order valence-electron chi connectivity index (χ2n) is 3.64. The van der Waals surface area contributed by atoms with E-state index in [-0.39, 0.29) is 12.0 Å². The third-order valence-corrected chi connectivity index (χ3v) is 4.20. The smallest absolute Gasteiger partial charge is 0.126 e. The van der Waals surface area contributed by atoms with Gasteiger partial charge in [-0.15, -0.1) is 11.3 Å². The first-order chi connectivity index (χ1) is 8.06. The van der Waals surface area contributed by atoms with E-state index in [4.69, 9.17) is 0 Å². The van der Waals surface area contributed by atoms with Gasteiger partial charge in [-0.3, -0.25) is 0 Å². The normalized spacial score (nSPS) is 12.7. The van der Waals surface area contributed by atoms with Gasteiger partial charge in [0.25, 0.3) is 0 Å². The largest absolute Gasteiger partial charge is 0.388 e. The Bertz CT molecular complexity index is 527. The zero-order valence-electron chi connectivity index (χ0n) is 8.66. The molecule has 1 atom stereocenters. The van der Waals surface area contributed by atoms with Crippen molar-refractivity contribution in [3.63, 3.8) is 0 Å². The van der Waals surface area contributed by atoms with Crippen molar-refractivity contribution in [2.24, 2.45) is 0 Å². The van der Waals surface area contributed by atoms with Crippen LogP contribution in [-0.2, 0) is 6.42 Å². The van der Waals surface area contributed by atoms with Crippen molar-refractivity contribution in [3.8, 4) is 0 Å². The average Bonchev–Trinajstić information content (AvgIpc) is 2.70. The Balaban J connectivity index is 2.18. The standard InChI is InChI=1S/C12H9F2IOS/c13-9-1-2-10(14)7(3-9)4-11(16)8-5-12(15)17-6-8/h1-3,5-6,11,16H,4H2. The third kappa shape index (κ3) is 3.23. The number of rotatable bonds is 3. The van der Waals surface area contributed by atoms with E-state index in [1.807, 2.05) is 11.4 Å². The lowest BCUT2D eigenvalue weighted by molar-refractivity contribution is 0.177. The van der Waals surface area contributed by atoms with Gasteiger partial charge < -0.3 is 5.11 Å². The monoisotopic (exact) mass is 366 g/mol. The van der Waals surface area contributed by atoms with E-state index in [1.54, 1.807) is 0 Å². The summed E-state index contributed by atoms with van der Waals surface area (Å²) in [6.45, 7) is 0. The van der Waals surface area contributed by atoms with Crippen LogP contribution in [0.4, 0.5) is 8.78 Å². The van der Waals surface area contributed by atoms with Crippen LogP contribution >= 0.6 is 33.9 Å². The van der Waals surface area contributed by atoms with Gasteiger partial charge in [-0.25, -0.2) is 8.78 Å². The summed E-state index contributed by atoms with van der Waals surface area (Å²) in [7, 11) is 0. The first kappa shape index (κ1) is 12.9. The Kier molecular flexibility index (Phi) is 4.11. The van der Waals surface area contributed by atoms with Crippen LogP contribution in [0.25, 0.3) is 0 Å². The zero-order chi connectivity index (χ0) is 12.4. The summed E-state index contributed by atoms with van der Waals surface area (Å²) < 4.78 is 27.4. The van der Waals surface area contributed by atoms with Crippen molar-refractivity contribution in [1.29, 1.82) is 0 Å². The highest BCUT2D eigenvalue weighted by molar-refractivity contribution is 14.1. The van der Waals surface area contributed by atoms with E-state index in [9.17, 15) is 13.9 Å². The summed E-state index contributed by atoms with van der Waals surface area (Å²) in [4.78, 5) is 0. The average molecular weight is 366 g/mol. The molecule has 1 nitrogen and oxygen atoms in total. The highest BCUT2D eigenvalue weighted by atomic mass is 127. The second-order valence-corrected chi connectivity index (χ2v) is 6.45. The minimum atomic E-state index is -0.800. The molecule has 1 N–H and O–H groups in total. The van der Waals surface area contributed by atoms with Crippen molar-refractivity contribution in [2.45, 2.75) is 12.5 Å². The SMILES string of the molecule is OC(Cc1cc(F)ccc1F)c1csc(I)c1. The summed E-state index contributed by atoms with van der Waals surface area (Å²) in [5.41, 5.74) is 0.932. The van der Waals surface area contributed by atoms with E-state index in [0.717, 1.165) is 26.6 Å². The molecule has 0 amide bonds. The molecule has 1 aromatic heterocycles. The summed E-state index contributed by atoms with van der Waals surface area (Å²) in [6, 6.07) is 5.11. The van der Waals surface area contributed by atoms with Crippen LogP contribution in [0, 0.1) is 14.5 Å². The molecule has 0 saturated carbocycles. The quantitative estimate of drug-likeness (QED) is 0.817. The minimum absolute atomic E-state index is 0.0798. The zero-order valence-corrected chi connectivity index (χ0v) is 11.6. The van der Waals surface area contributed by atoms with E-state index in [0.29, 0.717) is 0 Å². The molecular formula is C12H9F2IOS. The lowest BCUT2D eigenvalue weighted by Crippen LogP contribution is -2.03. The van der Waals surface area contributed by atoms with Crippen LogP contribution in [0.15, 0.2) is 29.6 Å². The van der Waals surface area contributed by atoms with Gasteiger partial charge in [0.15, 0.2) is 0 Å². The molecule has 0 spiro atoms. The number of thiophene rings is 1. The summed E-state index contributed by atoms with van der Waals surface area (Å²) in [5.74, 6) is -0.983. The number of halogens is 3. The Hall–Kier alpha value is -0.530. The van der Waals surface area contributed by atoms with Crippen molar-refractivity contribution in [3.05, 3.63) is 55.3 Å². The van der Waals surface area contributed by atoms with E-state index < -0.39 is 17.7 Å². The molecule has 2 rings (SSSR count). The third-order valence-electron chi connectivity index (χ3n) is 2.39. The fourth-order valence-electron chi connectivity index (χ4n) is 1.52. The van der Waals surface area contributed by atoms with Gasteiger partial charge in [0, 0.05) is 6.42 Å². The highest BCUT2D eigenvalue weighted by Gasteiger charge is 2.13. The van der Waals surface area contributed by atoms with Crippen LogP contribution in [0.1, 0.15) is 17.2 Å². The van der Waals surface area contributed by atoms with E-state index in [2.05, 4.69) is 22.6 Å². The van der Waals surface area contributed by atoms with Crippen LogP contribution in [0.2, 0.25) is 0 Å². The Morgan fingerprint density at radius 2 is 2.06 bits per heavy atom. The van der Waals surface area contributed by atoms with Crippen LogP contribution in [-0.4, -0.2) is 5.11 Å². The maximum Gasteiger partial charge on any atom is 0.126 e.